The maximum Gasteiger partial charge on any atom is 0.332 e. The van der Waals surface area contributed by atoms with Crippen molar-refractivity contribution in [1.82, 2.24) is 0 Å². The Bertz CT molecular complexity index is 1650. The Hall–Kier alpha value is -4.99. The highest BCUT2D eigenvalue weighted by Gasteiger charge is 2.23. The molecule has 0 bridgehead atoms. The fourth-order valence-electron chi connectivity index (χ4n) is 3.93. The van der Waals surface area contributed by atoms with E-state index in [1.165, 1.54) is 44.4 Å². The number of nitrogens with zero attached hydrogens (tertiary/aromatic N) is 5. The van der Waals surface area contributed by atoms with Crippen molar-refractivity contribution in [2.24, 2.45) is 10.2 Å². The summed E-state index contributed by atoms with van der Waals surface area (Å²) in [6, 6.07) is 11.2. The quantitative estimate of drug-likeness (QED) is 0.107. The molecule has 14 nitrogen and oxygen atoms in total. The van der Waals surface area contributed by atoms with E-state index in [4.69, 9.17) is 4.74 Å². The van der Waals surface area contributed by atoms with Crippen molar-refractivity contribution in [3.8, 4) is 5.75 Å². The standard InChI is InChI=1S/C26H27FN6O8S/c1-5-16(2)31(15-18-6-9-20(10-7-18)42(27,39)40)25-13-22(28-17(3)34)23(14-26(25)41-4)30-29-21-11-8-19(32(35)36)12-24(21)33(37)38/h6-14,16H,5,15H2,1-4H3,(H,28,34). The summed E-state index contributed by atoms with van der Waals surface area (Å²) in [7, 11) is -3.44. The predicted molar refractivity (Wildman–Crippen MR) is 152 cm³/mol. The Balaban J connectivity index is 2.11. The van der Waals surface area contributed by atoms with Gasteiger partial charge in [-0.25, -0.2) is 0 Å². The number of non-ortho nitro benzene ring substituents is 1. The number of nitro benzene ring substituents is 2. The molecule has 222 valence electrons. The van der Waals surface area contributed by atoms with E-state index >= 15 is 0 Å². The van der Waals surface area contributed by atoms with Crippen LogP contribution in [0, 0.1) is 20.2 Å². The van der Waals surface area contributed by atoms with Gasteiger partial charge in [0.1, 0.15) is 11.4 Å². The SMILES string of the molecule is CCC(C)N(Cc1ccc(S(=O)(=O)F)cc1)c1cc(NC(C)=O)c(N=Nc2ccc([N+](=O)[O-])cc2[N+](=O)[O-])cc1OC. The molecule has 1 unspecified atom stereocenters. The number of anilines is 2. The van der Waals surface area contributed by atoms with Crippen molar-refractivity contribution in [3.63, 3.8) is 0 Å². The van der Waals surface area contributed by atoms with Gasteiger partial charge in [-0.2, -0.15) is 8.42 Å². The fraction of sp³-hybridized carbons (Fsp3) is 0.269. The Labute approximate surface area is 240 Å². The topological polar surface area (TPSA) is 187 Å². The molecular formula is C26H27FN6O8S. The van der Waals surface area contributed by atoms with Crippen LogP contribution in [0.25, 0.3) is 0 Å². The zero-order chi connectivity index (χ0) is 31.2. The van der Waals surface area contributed by atoms with Crippen LogP contribution in [0.4, 0.5) is 38.0 Å². The molecule has 0 radical (unpaired) electrons. The average Bonchev–Trinajstić information content (AvgIpc) is 2.93. The summed E-state index contributed by atoms with van der Waals surface area (Å²) >= 11 is 0. The molecule has 1 amide bonds. The van der Waals surface area contributed by atoms with Crippen LogP contribution in [0.1, 0.15) is 32.8 Å². The molecule has 0 aliphatic carbocycles. The molecule has 0 heterocycles. The van der Waals surface area contributed by atoms with E-state index in [1.54, 1.807) is 6.07 Å². The Morgan fingerprint density at radius 1 is 1.05 bits per heavy atom. The van der Waals surface area contributed by atoms with Crippen LogP contribution in [-0.4, -0.2) is 37.3 Å². The third kappa shape index (κ3) is 7.60. The Morgan fingerprint density at radius 3 is 2.21 bits per heavy atom. The summed E-state index contributed by atoms with van der Waals surface area (Å²) in [5.74, 6) is -0.137. The highest BCUT2D eigenvalue weighted by Crippen LogP contribution is 2.42. The number of carbonyl (C=O) groups excluding carboxylic acids is 1. The summed E-state index contributed by atoms with van der Waals surface area (Å²) < 4.78 is 41.4. The van der Waals surface area contributed by atoms with Crippen molar-refractivity contribution in [2.45, 2.75) is 44.7 Å². The van der Waals surface area contributed by atoms with Crippen molar-refractivity contribution in [2.75, 3.05) is 17.3 Å². The van der Waals surface area contributed by atoms with Gasteiger partial charge in [-0.15, -0.1) is 14.1 Å². The molecule has 16 heteroatoms. The minimum atomic E-state index is -4.85. The summed E-state index contributed by atoms with van der Waals surface area (Å²) in [6.07, 6.45) is 0.681. The molecule has 3 rings (SSSR count). The molecule has 0 aliphatic heterocycles. The third-order valence-electron chi connectivity index (χ3n) is 6.23. The van der Waals surface area contributed by atoms with E-state index in [9.17, 15) is 37.3 Å². The van der Waals surface area contributed by atoms with Crippen molar-refractivity contribution < 1.29 is 31.7 Å². The monoisotopic (exact) mass is 602 g/mol. The highest BCUT2D eigenvalue weighted by atomic mass is 32.3. The minimum Gasteiger partial charge on any atom is -0.494 e. The summed E-state index contributed by atoms with van der Waals surface area (Å²) in [6.45, 7) is 5.43. The molecule has 0 saturated heterocycles. The van der Waals surface area contributed by atoms with Gasteiger partial charge in [0, 0.05) is 31.6 Å². The molecule has 0 aromatic heterocycles. The van der Waals surface area contributed by atoms with Crippen molar-refractivity contribution in [1.29, 1.82) is 0 Å². The molecule has 0 saturated carbocycles. The van der Waals surface area contributed by atoms with Crippen LogP contribution in [-0.2, 0) is 21.6 Å². The van der Waals surface area contributed by atoms with Gasteiger partial charge in [0.2, 0.25) is 5.91 Å². The van der Waals surface area contributed by atoms with Crippen LogP contribution >= 0.6 is 0 Å². The van der Waals surface area contributed by atoms with Gasteiger partial charge >= 0.3 is 15.9 Å². The average molecular weight is 603 g/mol. The lowest BCUT2D eigenvalue weighted by Crippen LogP contribution is -2.32. The van der Waals surface area contributed by atoms with E-state index in [-0.39, 0.29) is 29.6 Å². The smallest absolute Gasteiger partial charge is 0.332 e. The number of carbonyl (C=O) groups is 1. The lowest BCUT2D eigenvalue weighted by molar-refractivity contribution is -0.393. The number of benzene rings is 3. The van der Waals surface area contributed by atoms with Gasteiger partial charge in [-0.1, -0.05) is 19.1 Å². The van der Waals surface area contributed by atoms with Gasteiger partial charge < -0.3 is 15.0 Å². The number of hydrogen-bond acceptors (Lipinski definition) is 11. The number of amides is 1. The van der Waals surface area contributed by atoms with E-state index < -0.39 is 42.2 Å². The first kappa shape index (κ1) is 31.5. The molecule has 0 fully saturated rings. The number of nitro groups is 2. The second kappa shape index (κ2) is 13.1. The normalized spacial score (nSPS) is 12.1. The van der Waals surface area contributed by atoms with E-state index in [0.29, 0.717) is 23.4 Å². The molecule has 3 aromatic carbocycles. The van der Waals surface area contributed by atoms with Crippen molar-refractivity contribution >= 4 is 50.3 Å². The highest BCUT2D eigenvalue weighted by molar-refractivity contribution is 7.86. The van der Waals surface area contributed by atoms with E-state index in [2.05, 4.69) is 15.5 Å². The third-order valence-corrected chi connectivity index (χ3v) is 7.07. The van der Waals surface area contributed by atoms with Crippen LogP contribution in [0.2, 0.25) is 0 Å². The molecule has 42 heavy (non-hydrogen) atoms. The van der Waals surface area contributed by atoms with Crippen LogP contribution in [0.3, 0.4) is 0 Å². The zero-order valence-corrected chi connectivity index (χ0v) is 23.8. The molecule has 1 N–H and O–H groups in total. The fourth-order valence-corrected chi connectivity index (χ4v) is 4.40. The second-order valence-corrected chi connectivity index (χ2v) is 10.4. The van der Waals surface area contributed by atoms with Crippen LogP contribution < -0.4 is 15.0 Å². The summed E-state index contributed by atoms with van der Waals surface area (Å²) in [4.78, 5) is 34.5. The first-order valence-corrected chi connectivity index (χ1v) is 13.8. The molecule has 0 spiro atoms. The largest absolute Gasteiger partial charge is 0.494 e. The van der Waals surface area contributed by atoms with Gasteiger partial charge in [-0.05, 0) is 43.2 Å². The van der Waals surface area contributed by atoms with E-state index in [0.717, 1.165) is 18.2 Å². The van der Waals surface area contributed by atoms with E-state index in [1.807, 2.05) is 18.7 Å². The number of halogens is 1. The lowest BCUT2D eigenvalue weighted by atomic mass is 10.1. The molecule has 0 aliphatic rings. The Kier molecular flexibility index (Phi) is 9.85. The molecule has 1 atom stereocenters. The van der Waals surface area contributed by atoms with Gasteiger partial charge in [0.25, 0.3) is 5.69 Å². The number of ether oxygens (including phenoxy) is 1. The first-order valence-electron chi connectivity index (χ1n) is 12.4. The van der Waals surface area contributed by atoms with Gasteiger partial charge in [-0.3, -0.25) is 25.0 Å². The predicted octanol–water partition coefficient (Wildman–Crippen LogP) is 6.35. The molecule has 3 aromatic rings. The zero-order valence-electron chi connectivity index (χ0n) is 23.0. The van der Waals surface area contributed by atoms with Crippen molar-refractivity contribution in [3.05, 3.63) is 80.4 Å². The van der Waals surface area contributed by atoms with Crippen LogP contribution in [0.5, 0.6) is 5.75 Å². The lowest BCUT2D eigenvalue weighted by Gasteiger charge is -2.32. The summed E-state index contributed by atoms with van der Waals surface area (Å²) in [5, 5.41) is 33.2. The van der Waals surface area contributed by atoms with Gasteiger partial charge in [0.15, 0.2) is 5.69 Å². The number of nitrogens with one attached hydrogen (secondary N) is 1. The summed E-state index contributed by atoms with van der Waals surface area (Å²) in [5.41, 5.74) is 0.100. The first-order chi connectivity index (χ1) is 19.7. The number of rotatable bonds is 12. The minimum absolute atomic E-state index is 0.0834. The Morgan fingerprint density at radius 2 is 1.69 bits per heavy atom. The number of methoxy groups -OCH3 is 1. The van der Waals surface area contributed by atoms with Gasteiger partial charge in [0.05, 0.1) is 39.3 Å². The van der Waals surface area contributed by atoms with Crippen LogP contribution in [0.15, 0.2) is 69.7 Å². The number of azo groups is 1. The maximum atomic E-state index is 13.4. The second-order valence-electron chi connectivity index (χ2n) is 9.08. The molecular weight excluding hydrogens is 575 g/mol. The maximum absolute atomic E-state index is 13.4. The number of hydrogen-bond donors (Lipinski definition) is 1.